The third-order valence-electron chi connectivity index (χ3n) is 18.9. The fourth-order valence-electron chi connectivity index (χ4n) is 15.0. The maximum atomic E-state index is 15.7. The molecule has 2 fully saturated rings. The molecular weight excluding hydrogens is 1010 g/mol. The molecule has 5 aromatic carbocycles. The van der Waals surface area contributed by atoms with Crippen molar-refractivity contribution in [3.63, 3.8) is 0 Å². The topological polar surface area (TPSA) is 182 Å². The molecule has 12 heteroatoms. The summed E-state index contributed by atoms with van der Waals surface area (Å²) in [4.78, 5) is 45.8. The predicted molar refractivity (Wildman–Crippen MR) is 303 cm³/mol. The average molecular weight is 1080 g/mol. The Morgan fingerprint density at radius 3 is 2.40 bits per heavy atom. The lowest BCUT2D eigenvalue weighted by molar-refractivity contribution is -0.205. The van der Waals surface area contributed by atoms with Gasteiger partial charge >= 0.3 is 17.6 Å². The molecule has 0 radical (unpaired) electrons. The van der Waals surface area contributed by atoms with Gasteiger partial charge in [0.15, 0.2) is 17.8 Å². The number of hydrogen-bond donors (Lipinski definition) is 4. The summed E-state index contributed by atoms with van der Waals surface area (Å²) in [5, 5.41) is 42.1. The molecule has 4 aliphatic carbocycles. The van der Waals surface area contributed by atoms with Crippen molar-refractivity contribution in [2.24, 2.45) is 23.7 Å². The fourth-order valence-corrected chi connectivity index (χ4v) is 15.0. The first-order valence-electron chi connectivity index (χ1n) is 28.7. The van der Waals surface area contributed by atoms with Gasteiger partial charge in [0.2, 0.25) is 0 Å². The number of carbonyl (C=O) groups is 2. The van der Waals surface area contributed by atoms with Crippen molar-refractivity contribution in [3.05, 3.63) is 211 Å². The molecule has 2 saturated carbocycles. The van der Waals surface area contributed by atoms with Gasteiger partial charge in [0.1, 0.15) is 18.1 Å². The van der Waals surface area contributed by atoms with Crippen molar-refractivity contribution in [3.8, 4) is 5.75 Å². The molecule has 7 aliphatic rings. The van der Waals surface area contributed by atoms with Crippen LogP contribution < -0.4 is 10.4 Å². The molecule has 0 saturated heterocycles. The highest BCUT2D eigenvalue weighted by atomic mass is 16.6. The van der Waals surface area contributed by atoms with Gasteiger partial charge in [-0.1, -0.05) is 127 Å². The van der Waals surface area contributed by atoms with Gasteiger partial charge in [0.25, 0.3) is 0 Å². The number of carbonyl (C=O) groups excluding carboxylic acids is 2. The van der Waals surface area contributed by atoms with E-state index in [1.807, 2.05) is 12.1 Å². The summed E-state index contributed by atoms with van der Waals surface area (Å²) >= 11 is 0. The highest BCUT2D eigenvalue weighted by Gasteiger charge is 2.64. The summed E-state index contributed by atoms with van der Waals surface area (Å²) in [6.07, 6.45) is 11.3. The van der Waals surface area contributed by atoms with E-state index >= 15 is 9.59 Å². The van der Waals surface area contributed by atoms with Gasteiger partial charge in [-0.2, -0.15) is 0 Å². The van der Waals surface area contributed by atoms with Crippen LogP contribution in [0.2, 0.25) is 0 Å². The normalized spacial score (nSPS) is 27.9. The van der Waals surface area contributed by atoms with E-state index in [0.717, 1.165) is 42.4 Å². The number of aliphatic hydroxyl groups excluding tert-OH is 4. The van der Waals surface area contributed by atoms with Gasteiger partial charge in [0, 0.05) is 47.8 Å². The zero-order chi connectivity index (χ0) is 55.1. The molecule has 4 heterocycles. The number of aryl methyl sites for hydroxylation is 1. The lowest BCUT2D eigenvalue weighted by Gasteiger charge is -2.52. The Morgan fingerprint density at radius 1 is 0.787 bits per heavy atom. The van der Waals surface area contributed by atoms with Crippen LogP contribution in [0.4, 0.5) is 0 Å². The summed E-state index contributed by atoms with van der Waals surface area (Å²) in [5.74, 6) is -1.76. The standard InChI is InChI=1S/C68H70O12/c1-40(36-70)50-23-18-41-16-19-45(20-17-41)51-24-22-47(46-13-7-11-43(32-46)31-42-9-3-2-4-10-42)33-49(51)34-60(73)77-64-62-59(27-26-55-57(37-71)61(67(75)78-63(55)62)48(28-30-69)38-76-39-72)80-68(65(64)79-66(50)74)29-8-15-54-53-25-21-44-12-5-6-14-52(44)56(53)35-58(54)68/h2-17,19-21,25-27,32,47-49,51,53-54,56,58,64-65,69-72H,18,22-24,28-31,33-39H2,1H3. The van der Waals surface area contributed by atoms with Crippen LogP contribution in [-0.4, -0.2) is 70.7 Å². The molecule has 1 spiro atoms. The number of hydrogen-bond acceptors (Lipinski definition) is 12. The zero-order valence-electron chi connectivity index (χ0n) is 45.2. The van der Waals surface area contributed by atoms with Gasteiger partial charge in [-0.25, -0.2) is 9.59 Å². The zero-order valence-corrected chi connectivity index (χ0v) is 45.2. The van der Waals surface area contributed by atoms with Crippen molar-refractivity contribution >= 4 is 29.0 Å². The number of aliphatic hydroxyl groups is 4. The van der Waals surface area contributed by atoms with Crippen molar-refractivity contribution in [1.82, 2.24) is 0 Å². The number of esters is 2. The highest BCUT2D eigenvalue weighted by molar-refractivity contribution is 5.90. The summed E-state index contributed by atoms with van der Waals surface area (Å²) in [5.41, 5.74) is 7.36. The predicted octanol–water partition coefficient (Wildman–Crippen LogP) is 11.0. The number of ether oxygens (including phenoxy) is 4. The molecule has 2 bridgehead atoms. The van der Waals surface area contributed by atoms with E-state index in [-0.39, 0.29) is 103 Å². The van der Waals surface area contributed by atoms with Crippen LogP contribution in [0.15, 0.2) is 154 Å². The molecule has 4 N–H and O–H groups in total. The average Bonchev–Trinajstić information content (AvgIpc) is 4.07. The smallest absolute Gasteiger partial charge is 0.340 e. The Kier molecular flexibility index (Phi) is 15.4. The molecule has 80 heavy (non-hydrogen) atoms. The quantitative estimate of drug-likeness (QED) is 0.0317. The van der Waals surface area contributed by atoms with Crippen LogP contribution in [0.5, 0.6) is 5.75 Å². The molecule has 3 aliphatic heterocycles. The first-order chi connectivity index (χ1) is 39.1. The Morgan fingerprint density at radius 2 is 1.60 bits per heavy atom. The van der Waals surface area contributed by atoms with E-state index in [4.69, 9.17) is 23.4 Å². The minimum atomic E-state index is -1.39. The SMILES string of the molecule is CC(CO)=C1CCc2ccc(cc2)C2CCC(c3cccc(Cc4ccccc4)c3)CC2CC(=O)OC2c3c(ccc4c(CO)c(C(CCO)COCO)c(=O)oc34)OC3(CC=CC4C5C=Cc6ccccc6C5CC43)C2OC1=O. The van der Waals surface area contributed by atoms with E-state index in [0.29, 0.717) is 41.5 Å². The van der Waals surface area contributed by atoms with Crippen molar-refractivity contribution in [2.75, 3.05) is 26.6 Å². The summed E-state index contributed by atoms with van der Waals surface area (Å²) in [7, 11) is 0. The second kappa shape index (κ2) is 22.9. The van der Waals surface area contributed by atoms with Crippen LogP contribution in [0, 0.1) is 23.7 Å². The maximum absolute atomic E-state index is 15.7. The van der Waals surface area contributed by atoms with E-state index in [9.17, 15) is 25.2 Å². The Bertz CT molecular complexity index is 3430. The number of rotatable bonds is 11. The monoisotopic (exact) mass is 1080 g/mol. The third kappa shape index (κ3) is 9.97. The van der Waals surface area contributed by atoms with Gasteiger partial charge in [0.05, 0.1) is 25.4 Å². The second-order valence-electron chi connectivity index (χ2n) is 23.2. The number of benzene rings is 5. The molecule has 414 valence electrons. The molecular formula is C68H70O12. The highest BCUT2D eigenvalue weighted by Crippen LogP contribution is 2.62. The van der Waals surface area contributed by atoms with Crippen LogP contribution in [0.1, 0.15) is 144 Å². The molecule has 11 atom stereocenters. The van der Waals surface area contributed by atoms with Crippen LogP contribution in [0.25, 0.3) is 17.0 Å². The lowest BCUT2D eigenvalue weighted by atomic mass is 9.66. The van der Waals surface area contributed by atoms with E-state index < -0.39 is 54.7 Å². The first kappa shape index (κ1) is 53.7. The van der Waals surface area contributed by atoms with Gasteiger partial charge in [-0.05, 0) is 156 Å². The van der Waals surface area contributed by atoms with E-state index in [2.05, 4.69) is 115 Å². The minimum Gasteiger partial charge on any atom is -0.482 e. The summed E-state index contributed by atoms with van der Waals surface area (Å²) < 4.78 is 33.5. The third-order valence-corrected chi connectivity index (χ3v) is 18.9. The van der Waals surface area contributed by atoms with Crippen LogP contribution in [0.3, 0.4) is 0 Å². The second-order valence-corrected chi connectivity index (χ2v) is 23.2. The lowest BCUT2D eigenvalue weighted by Crippen LogP contribution is -2.61. The van der Waals surface area contributed by atoms with E-state index in [1.54, 1.807) is 19.1 Å². The summed E-state index contributed by atoms with van der Waals surface area (Å²) in [6.45, 7) is -0.336. The van der Waals surface area contributed by atoms with Gasteiger partial charge in [-0.15, -0.1) is 0 Å². The summed E-state index contributed by atoms with van der Waals surface area (Å²) in [6, 6.07) is 39.7. The van der Waals surface area contributed by atoms with E-state index in [1.165, 1.54) is 22.3 Å². The maximum Gasteiger partial charge on any atom is 0.340 e. The molecule has 0 amide bonds. The molecule has 11 unspecified atom stereocenters. The molecule has 6 aromatic rings. The first-order valence-corrected chi connectivity index (χ1v) is 28.7. The van der Waals surface area contributed by atoms with Crippen LogP contribution >= 0.6 is 0 Å². The van der Waals surface area contributed by atoms with Crippen LogP contribution in [-0.2, 0) is 43.2 Å². The van der Waals surface area contributed by atoms with Gasteiger partial charge < -0.3 is 43.8 Å². The van der Waals surface area contributed by atoms with Crippen molar-refractivity contribution in [2.45, 2.75) is 119 Å². The van der Waals surface area contributed by atoms with Crippen molar-refractivity contribution in [1.29, 1.82) is 0 Å². The number of fused-ring (bicyclic) bond motifs is 17. The molecule has 1 aromatic heterocycles. The fraction of sp³-hybridized carbons (Fsp3) is 0.397. The van der Waals surface area contributed by atoms with Crippen molar-refractivity contribution < 1.29 is 53.4 Å². The molecule has 13 rings (SSSR count). The Labute approximate surface area is 466 Å². The Hall–Kier alpha value is -6.93. The Balaban J connectivity index is 1.02. The molecule has 12 nitrogen and oxygen atoms in total. The van der Waals surface area contributed by atoms with Gasteiger partial charge in [-0.3, -0.25) is 4.79 Å². The largest absolute Gasteiger partial charge is 0.482 e. The number of allylic oxidation sites excluding steroid dienone is 2. The minimum absolute atomic E-state index is 0.00178.